The van der Waals surface area contributed by atoms with Gasteiger partial charge in [0.1, 0.15) is 11.6 Å². The standard InChI is InChI=1S/C16H24F2N2O2/c1-16(2,3)11-20(7-4-8-21)15(22)19-10-12-9-13(17)5-6-14(12)18/h5-6,9,21H,4,7-8,10-11H2,1-3H3,(H,19,22). The number of rotatable bonds is 6. The van der Waals surface area contributed by atoms with Gasteiger partial charge in [0.25, 0.3) is 0 Å². The smallest absolute Gasteiger partial charge is 0.317 e. The number of amides is 2. The average Bonchev–Trinajstić information content (AvgIpc) is 2.42. The summed E-state index contributed by atoms with van der Waals surface area (Å²) in [5.41, 5.74) is 0.00268. The molecule has 124 valence electrons. The van der Waals surface area contributed by atoms with Gasteiger partial charge in [-0.1, -0.05) is 20.8 Å². The zero-order valence-corrected chi connectivity index (χ0v) is 13.3. The van der Waals surface area contributed by atoms with Crippen molar-refractivity contribution in [1.29, 1.82) is 0 Å². The number of aliphatic hydroxyl groups excluding tert-OH is 1. The molecule has 1 aromatic rings. The highest BCUT2D eigenvalue weighted by Gasteiger charge is 2.20. The Kier molecular flexibility index (Phi) is 6.74. The maximum Gasteiger partial charge on any atom is 0.317 e. The van der Waals surface area contributed by atoms with Gasteiger partial charge in [-0.05, 0) is 30.0 Å². The summed E-state index contributed by atoms with van der Waals surface area (Å²) in [7, 11) is 0. The Morgan fingerprint density at radius 2 is 2.00 bits per heavy atom. The van der Waals surface area contributed by atoms with E-state index in [1.165, 1.54) is 0 Å². The molecule has 2 amide bonds. The van der Waals surface area contributed by atoms with Crippen molar-refractivity contribution in [1.82, 2.24) is 10.2 Å². The van der Waals surface area contributed by atoms with Gasteiger partial charge >= 0.3 is 6.03 Å². The van der Waals surface area contributed by atoms with E-state index in [1.807, 2.05) is 20.8 Å². The minimum Gasteiger partial charge on any atom is -0.396 e. The maximum absolute atomic E-state index is 13.5. The first-order chi connectivity index (χ1) is 10.2. The second kappa shape index (κ2) is 8.08. The van der Waals surface area contributed by atoms with Crippen LogP contribution in [0.25, 0.3) is 0 Å². The predicted octanol–water partition coefficient (Wildman–Crippen LogP) is 2.90. The van der Waals surface area contributed by atoms with E-state index in [4.69, 9.17) is 5.11 Å². The Bertz CT molecular complexity index is 501. The summed E-state index contributed by atoms with van der Waals surface area (Å²) in [6, 6.07) is 2.79. The van der Waals surface area contributed by atoms with Crippen LogP contribution in [0, 0.1) is 17.0 Å². The van der Waals surface area contributed by atoms with Gasteiger partial charge in [-0.25, -0.2) is 13.6 Å². The fraction of sp³-hybridized carbons (Fsp3) is 0.562. The molecule has 0 aliphatic carbocycles. The van der Waals surface area contributed by atoms with Crippen molar-refractivity contribution >= 4 is 6.03 Å². The van der Waals surface area contributed by atoms with Crippen molar-refractivity contribution in [3.63, 3.8) is 0 Å². The molecular weight excluding hydrogens is 290 g/mol. The third kappa shape index (κ3) is 6.39. The normalized spacial score (nSPS) is 11.4. The highest BCUT2D eigenvalue weighted by atomic mass is 19.1. The minimum absolute atomic E-state index is 0.00749. The average molecular weight is 314 g/mol. The van der Waals surface area contributed by atoms with Crippen LogP contribution in [0.15, 0.2) is 18.2 Å². The molecule has 0 spiro atoms. The molecule has 0 aromatic heterocycles. The van der Waals surface area contributed by atoms with Crippen molar-refractivity contribution in [2.45, 2.75) is 33.7 Å². The molecule has 2 N–H and O–H groups in total. The quantitative estimate of drug-likeness (QED) is 0.848. The number of carbonyl (C=O) groups is 1. The van der Waals surface area contributed by atoms with Crippen molar-refractivity contribution in [3.05, 3.63) is 35.4 Å². The molecule has 6 heteroatoms. The summed E-state index contributed by atoms with van der Waals surface area (Å²) < 4.78 is 26.6. The lowest BCUT2D eigenvalue weighted by Crippen LogP contribution is -2.44. The number of hydrogen-bond donors (Lipinski definition) is 2. The molecule has 0 aliphatic heterocycles. The number of nitrogens with one attached hydrogen (secondary N) is 1. The van der Waals surface area contributed by atoms with E-state index < -0.39 is 11.6 Å². The van der Waals surface area contributed by atoms with E-state index >= 15 is 0 Å². The van der Waals surface area contributed by atoms with Gasteiger partial charge in [0.15, 0.2) is 0 Å². The summed E-state index contributed by atoms with van der Waals surface area (Å²) >= 11 is 0. The third-order valence-corrected chi connectivity index (χ3v) is 2.98. The number of urea groups is 1. The molecule has 0 unspecified atom stereocenters. The molecule has 0 radical (unpaired) electrons. The Labute approximate surface area is 130 Å². The first kappa shape index (κ1) is 18.4. The Morgan fingerprint density at radius 3 is 2.59 bits per heavy atom. The van der Waals surface area contributed by atoms with Crippen molar-refractivity contribution < 1.29 is 18.7 Å². The molecule has 0 bridgehead atoms. The van der Waals surface area contributed by atoms with Crippen LogP contribution in [-0.2, 0) is 6.54 Å². The fourth-order valence-electron chi connectivity index (χ4n) is 2.05. The zero-order chi connectivity index (χ0) is 16.8. The second-order valence-electron chi connectivity index (χ2n) is 6.45. The summed E-state index contributed by atoms with van der Waals surface area (Å²) in [5, 5.41) is 11.5. The van der Waals surface area contributed by atoms with Crippen LogP contribution in [-0.4, -0.2) is 35.7 Å². The molecule has 4 nitrogen and oxygen atoms in total. The van der Waals surface area contributed by atoms with Crippen LogP contribution in [0.5, 0.6) is 0 Å². The molecule has 0 aliphatic rings. The van der Waals surface area contributed by atoms with Crippen LogP contribution in [0.3, 0.4) is 0 Å². The van der Waals surface area contributed by atoms with Crippen LogP contribution in [0.2, 0.25) is 0 Å². The van der Waals surface area contributed by atoms with E-state index in [-0.39, 0.29) is 30.2 Å². The molecule has 0 saturated heterocycles. The van der Waals surface area contributed by atoms with E-state index in [0.717, 1.165) is 18.2 Å². The van der Waals surface area contributed by atoms with Crippen molar-refractivity contribution in [3.8, 4) is 0 Å². The molecule has 0 saturated carbocycles. The number of halogens is 2. The molecule has 0 fully saturated rings. The molecule has 0 heterocycles. The third-order valence-electron chi connectivity index (χ3n) is 2.98. The monoisotopic (exact) mass is 314 g/mol. The van der Waals surface area contributed by atoms with Gasteiger partial charge < -0.3 is 15.3 Å². The summed E-state index contributed by atoms with van der Waals surface area (Å²) in [6.45, 7) is 6.82. The molecule has 22 heavy (non-hydrogen) atoms. The number of nitrogens with zero attached hydrogens (tertiary/aromatic N) is 1. The van der Waals surface area contributed by atoms with Crippen molar-refractivity contribution in [2.75, 3.05) is 19.7 Å². The SMILES string of the molecule is CC(C)(C)CN(CCCO)C(=O)NCc1cc(F)ccc1F. The highest BCUT2D eigenvalue weighted by Crippen LogP contribution is 2.16. The lowest BCUT2D eigenvalue weighted by atomic mass is 9.96. The van der Waals surface area contributed by atoms with Crippen LogP contribution in [0.1, 0.15) is 32.8 Å². The van der Waals surface area contributed by atoms with Gasteiger partial charge in [-0.2, -0.15) is 0 Å². The van der Waals surface area contributed by atoms with Crippen LogP contribution >= 0.6 is 0 Å². The Balaban J connectivity index is 2.67. The Hall–Kier alpha value is -1.69. The van der Waals surface area contributed by atoms with Crippen LogP contribution < -0.4 is 5.32 Å². The lowest BCUT2D eigenvalue weighted by molar-refractivity contribution is 0.164. The second-order valence-corrected chi connectivity index (χ2v) is 6.45. The number of benzene rings is 1. The number of hydrogen-bond acceptors (Lipinski definition) is 2. The molecule has 1 rings (SSSR count). The Morgan fingerprint density at radius 1 is 1.32 bits per heavy atom. The van der Waals surface area contributed by atoms with Gasteiger partial charge in [0, 0.05) is 31.8 Å². The topological polar surface area (TPSA) is 52.6 Å². The predicted molar refractivity (Wildman–Crippen MR) is 81.3 cm³/mol. The van der Waals surface area contributed by atoms with E-state index in [2.05, 4.69) is 5.32 Å². The van der Waals surface area contributed by atoms with Crippen LogP contribution in [0.4, 0.5) is 13.6 Å². The van der Waals surface area contributed by atoms with E-state index in [1.54, 1.807) is 4.90 Å². The summed E-state index contributed by atoms with van der Waals surface area (Å²) in [4.78, 5) is 13.8. The highest BCUT2D eigenvalue weighted by molar-refractivity contribution is 5.74. The van der Waals surface area contributed by atoms with E-state index in [0.29, 0.717) is 19.5 Å². The van der Waals surface area contributed by atoms with Crippen molar-refractivity contribution in [2.24, 2.45) is 5.41 Å². The largest absolute Gasteiger partial charge is 0.396 e. The van der Waals surface area contributed by atoms with Gasteiger partial charge in [0.05, 0.1) is 0 Å². The maximum atomic E-state index is 13.5. The number of carbonyl (C=O) groups excluding carboxylic acids is 1. The zero-order valence-electron chi connectivity index (χ0n) is 13.3. The first-order valence-electron chi connectivity index (χ1n) is 7.30. The van der Waals surface area contributed by atoms with Gasteiger partial charge in [-0.3, -0.25) is 0 Å². The lowest BCUT2D eigenvalue weighted by Gasteiger charge is -2.30. The van der Waals surface area contributed by atoms with Gasteiger partial charge in [0.2, 0.25) is 0 Å². The molecule has 0 atom stereocenters. The minimum atomic E-state index is -0.556. The first-order valence-corrected chi connectivity index (χ1v) is 7.30. The molecule has 1 aromatic carbocycles. The molecular formula is C16H24F2N2O2. The number of aliphatic hydroxyl groups is 1. The fourth-order valence-corrected chi connectivity index (χ4v) is 2.05. The summed E-state index contributed by atoms with van der Waals surface area (Å²) in [6.07, 6.45) is 0.470. The summed E-state index contributed by atoms with van der Waals surface area (Å²) in [5.74, 6) is -1.10. The van der Waals surface area contributed by atoms with E-state index in [9.17, 15) is 13.6 Å². The van der Waals surface area contributed by atoms with Gasteiger partial charge in [-0.15, -0.1) is 0 Å².